The van der Waals surface area contributed by atoms with Gasteiger partial charge in [0.1, 0.15) is 0 Å². The highest BCUT2D eigenvalue weighted by Gasteiger charge is 2.20. The first kappa shape index (κ1) is 18.9. The molecule has 24 heavy (non-hydrogen) atoms. The summed E-state index contributed by atoms with van der Waals surface area (Å²) in [6.07, 6.45) is 4.95. The second-order valence-corrected chi connectivity index (χ2v) is 7.36. The second-order valence-electron chi connectivity index (χ2n) is 6.45. The van der Waals surface area contributed by atoms with Gasteiger partial charge in [0.2, 0.25) is 5.91 Å². The molecule has 2 rings (SSSR count). The summed E-state index contributed by atoms with van der Waals surface area (Å²) in [5.74, 6) is -0.369. The van der Waals surface area contributed by atoms with Crippen LogP contribution in [0.25, 0.3) is 0 Å². The highest BCUT2D eigenvalue weighted by molar-refractivity contribution is 9.10. The molecule has 0 saturated carbocycles. The molecule has 6 heteroatoms. The van der Waals surface area contributed by atoms with Gasteiger partial charge in [0.15, 0.2) is 0 Å². The van der Waals surface area contributed by atoms with Crippen LogP contribution in [0.4, 0.5) is 0 Å². The molecule has 2 amide bonds. The second kappa shape index (κ2) is 9.79. The van der Waals surface area contributed by atoms with Gasteiger partial charge < -0.3 is 15.5 Å². The van der Waals surface area contributed by atoms with Crippen LogP contribution < -0.4 is 15.5 Å². The molecule has 1 aliphatic rings. The van der Waals surface area contributed by atoms with Crippen molar-refractivity contribution in [3.8, 4) is 0 Å². The van der Waals surface area contributed by atoms with Crippen LogP contribution in [0.1, 0.15) is 43.0 Å². The number of carbonyl (C=O) groups excluding carboxylic acids is 2. The summed E-state index contributed by atoms with van der Waals surface area (Å²) in [6, 6.07) is 7.79. The lowest BCUT2D eigenvalue weighted by molar-refractivity contribution is -0.928. The SMILES string of the molecule is C[C@H]1CCCC[NH+]1CCCNC(=O)CNC(=O)c1ccc(Br)cc1. The fourth-order valence-corrected chi connectivity index (χ4v) is 3.36. The van der Waals surface area contributed by atoms with Crippen LogP contribution >= 0.6 is 15.9 Å². The van der Waals surface area contributed by atoms with E-state index in [1.165, 1.54) is 25.8 Å². The number of halogens is 1. The predicted molar refractivity (Wildman–Crippen MR) is 98.1 cm³/mol. The minimum atomic E-state index is -0.232. The van der Waals surface area contributed by atoms with Gasteiger partial charge in [-0.15, -0.1) is 0 Å². The molecular formula is C18H27BrN3O2+. The standard InChI is InChI=1S/C18H26BrN3O2/c1-14-5-2-3-11-22(14)12-4-10-20-17(23)13-21-18(24)15-6-8-16(19)9-7-15/h6-9,14H,2-5,10-13H2,1H3,(H,20,23)(H,21,24)/p+1/t14-/m0/s1. The van der Waals surface area contributed by atoms with E-state index in [9.17, 15) is 9.59 Å². The summed E-state index contributed by atoms with van der Waals surface area (Å²) >= 11 is 3.33. The van der Waals surface area contributed by atoms with E-state index in [0.717, 1.165) is 23.5 Å². The monoisotopic (exact) mass is 396 g/mol. The molecule has 0 aromatic heterocycles. The largest absolute Gasteiger partial charge is 0.354 e. The smallest absolute Gasteiger partial charge is 0.251 e. The number of benzene rings is 1. The Morgan fingerprint density at radius 1 is 1.21 bits per heavy atom. The summed E-state index contributed by atoms with van der Waals surface area (Å²) in [4.78, 5) is 25.4. The minimum absolute atomic E-state index is 0.0157. The van der Waals surface area contributed by atoms with Crippen molar-refractivity contribution in [3.63, 3.8) is 0 Å². The van der Waals surface area contributed by atoms with E-state index in [1.807, 2.05) is 0 Å². The Hall–Kier alpha value is -1.40. The molecule has 132 valence electrons. The Balaban J connectivity index is 1.59. The Labute approximate surface area is 152 Å². The zero-order valence-electron chi connectivity index (χ0n) is 14.2. The van der Waals surface area contributed by atoms with Crippen LogP contribution in [0, 0.1) is 0 Å². The number of hydrogen-bond acceptors (Lipinski definition) is 2. The van der Waals surface area contributed by atoms with Gasteiger partial charge in [-0.25, -0.2) is 0 Å². The van der Waals surface area contributed by atoms with E-state index in [0.29, 0.717) is 12.1 Å². The van der Waals surface area contributed by atoms with Crippen molar-refractivity contribution in [2.75, 3.05) is 26.2 Å². The fraction of sp³-hybridized carbons (Fsp3) is 0.556. The van der Waals surface area contributed by atoms with Crippen molar-refractivity contribution in [2.45, 2.75) is 38.6 Å². The van der Waals surface area contributed by atoms with Crippen LogP contribution in [-0.4, -0.2) is 44.0 Å². The summed E-state index contributed by atoms with van der Waals surface area (Å²) in [6.45, 7) is 5.35. The van der Waals surface area contributed by atoms with E-state index in [-0.39, 0.29) is 18.4 Å². The van der Waals surface area contributed by atoms with Gasteiger partial charge >= 0.3 is 0 Å². The maximum Gasteiger partial charge on any atom is 0.251 e. The lowest BCUT2D eigenvalue weighted by Gasteiger charge is -2.30. The Bertz CT molecular complexity index is 548. The lowest BCUT2D eigenvalue weighted by Crippen LogP contribution is -3.16. The molecule has 1 unspecified atom stereocenters. The van der Waals surface area contributed by atoms with Crippen molar-refractivity contribution in [3.05, 3.63) is 34.3 Å². The molecule has 1 aliphatic heterocycles. The number of nitrogens with one attached hydrogen (secondary N) is 3. The van der Waals surface area contributed by atoms with Crippen molar-refractivity contribution in [1.29, 1.82) is 0 Å². The van der Waals surface area contributed by atoms with Gasteiger partial charge in [0.25, 0.3) is 5.91 Å². The van der Waals surface area contributed by atoms with Crippen LogP contribution in [0.2, 0.25) is 0 Å². The molecule has 0 spiro atoms. The van der Waals surface area contributed by atoms with E-state index >= 15 is 0 Å². The number of likely N-dealkylation sites (tertiary alicyclic amines) is 1. The maximum atomic E-state index is 11.9. The number of piperidine rings is 1. The normalized spacial score (nSPS) is 20.4. The van der Waals surface area contributed by atoms with Gasteiger partial charge in [-0.3, -0.25) is 9.59 Å². The average Bonchev–Trinajstić information content (AvgIpc) is 2.58. The summed E-state index contributed by atoms with van der Waals surface area (Å²) in [5, 5.41) is 5.52. The van der Waals surface area contributed by atoms with Crippen LogP contribution in [0.3, 0.4) is 0 Å². The van der Waals surface area contributed by atoms with Crippen molar-refractivity contribution in [1.82, 2.24) is 10.6 Å². The number of quaternary nitrogens is 1. The highest BCUT2D eigenvalue weighted by Crippen LogP contribution is 2.10. The molecule has 0 bridgehead atoms. The fourth-order valence-electron chi connectivity index (χ4n) is 3.09. The number of amides is 2. The summed E-state index contributed by atoms with van der Waals surface area (Å²) in [5.41, 5.74) is 0.550. The van der Waals surface area contributed by atoms with E-state index in [2.05, 4.69) is 33.5 Å². The molecule has 0 radical (unpaired) electrons. The summed E-state index contributed by atoms with van der Waals surface area (Å²) in [7, 11) is 0. The third-order valence-electron chi connectivity index (χ3n) is 4.59. The molecule has 2 atom stereocenters. The predicted octanol–water partition coefficient (Wildman–Crippen LogP) is 1.14. The Morgan fingerprint density at radius 2 is 1.96 bits per heavy atom. The Morgan fingerprint density at radius 3 is 2.67 bits per heavy atom. The van der Waals surface area contributed by atoms with Gasteiger partial charge in [0.05, 0.1) is 25.7 Å². The third-order valence-corrected chi connectivity index (χ3v) is 5.12. The van der Waals surface area contributed by atoms with Crippen molar-refractivity contribution < 1.29 is 14.5 Å². The van der Waals surface area contributed by atoms with E-state index < -0.39 is 0 Å². The van der Waals surface area contributed by atoms with Crippen LogP contribution in [0.5, 0.6) is 0 Å². The average molecular weight is 397 g/mol. The Kier molecular flexibility index (Phi) is 7.72. The molecule has 1 heterocycles. The molecule has 0 aliphatic carbocycles. The lowest BCUT2D eigenvalue weighted by atomic mass is 10.0. The zero-order valence-corrected chi connectivity index (χ0v) is 15.8. The third kappa shape index (κ3) is 6.24. The number of carbonyl (C=O) groups is 2. The van der Waals surface area contributed by atoms with Crippen LogP contribution in [0.15, 0.2) is 28.7 Å². The highest BCUT2D eigenvalue weighted by atomic mass is 79.9. The molecule has 5 nitrogen and oxygen atoms in total. The van der Waals surface area contributed by atoms with Gasteiger partial charge in [-0.2, -0.15) is 0 Å². The first-order valence-corrected chi connectivity index (χ1v) is 9.50. The van der Waals surface area contributed by atoms with Gasteiger partial charge in [-0.1, -0.05) is 15.9 Å². The molecule has 1 aromatic rings. The molecular weight excluding hydrogens is 370 g/mol. The van der Waals surface area contributed by atoms with Gasteiger partial charge in [0, 0.05) is 23.0 Å². The van der Waals surface area contributed by atoms with Crippen molar-refractivity contribution in [2.24, 2.45) is 0 Å². The summed E-state index contributed by atoms with van der Waals surface area (Å²) < 4.78 is 0.918. The molecule has 1 aromatic carbocycles. The first-order chi connectivity index (χ1) is 11.6. The topological polar surface area (TPSA) is 62.6 Å². The molecule has 3 N–H and O–H groups in total. The van der Waals surface area contributed by atoms with Crippen molar-refractivity contribution >= 4 is 27.7 Å². The maximum absolute atomic E-state index is 11.9. The molecule has 1 fully saturated rings. The van der Waals surface area contributed by atoms with E-state index in [1.54, 1.807) is 29.2 Å². The zero-order chi connectivity index (χ0) is 17.4. The molecule has 1 saturated heterocycles. The van der Waals surface area contributed by atoms with Crippen LogP contribution in [-0.2, 0) is 4.79 Å². The quantitative estimate of drug-likeness (QED) is 0.605. The number of hydrogen-bond donors (Lipinski definition) is 3. The first-order valence-electron chi connectivity index (χ1n) is 8.71. The van der Waals surface area contributed by atoms with E-state index in [4.69, 9.17) is 0 Å². The minimum Gasteiger partial charge on any atom is -0.354 e. The number of rotatable bonds is 7. The van der Waals surface area contributed by atoms with Gasteiger partial charge in [-0.05, 0) is 50.5 Å².